The number of rotatable bonds is 6. The second kappa shape index (κ2) is 5.76. The van der Waals surface area contributed by atoms with Crippen LogP contribution >= 0.6 is 0 Å². The molecule has 0 heterocycles. The first kappa shape index (κ1) is 13.6. The molecule has 0 atom stereocenters. The summed E-state index contributed by atoms with van der Waals surface area (Å²) in [6.07, 6.45) is 0. The minimum Gasteiger partial charge on any atom is -0.497 e. The molecule has 1 aromatic rings. The van der Waals surface area contributed by atoms with Crippen LogP contribution in [0.2, 0.25) is 0 Å². The van der Waals surface area contributed by atoms with E-state index in [1.54, 1.807) is 18.2 Å². The second-order valence-electron chi connectivity index (χ2n) is 3.71. The maximum absolute atomic E-state index is 11.0. The van der Waals surface area contributed by atoms with E-state index in [-0.39, 0.29) is 13.1 Å². The Hall–Kier alpha value is -2.44. The van der Waals surface area contributed by atoms with Crippen molar-refractivity contribution >= 4 is 23.2 Å². The van der Waals surface area contributed by atoms with E-state index in [4.69, 9.17) is 21.9 Å². The largest absolute Gasteiger partial charge is 0.497 e. The summed E-state index contributed by atoms with van der Waals surface area (Å²) in [5.74, 6) is -0.577. The molecule has 0 aliphatic carbocycles. The predicted octanol–water partition coefficient (Wildman–Crippen LogP) is -0.946. The molecule has 0 fully saturated rings. The molecule has 0 bridgehead atoms. The summed E-state index contributed by atoms with van der Waals surface area (Å²) in [6, 6.07) is 4.89. The molecule has 1 aromatic carbocycles. The molecule has 18 heavy (non-hydrogen) atoms. The number of nitrogen functional groups attached to an aromatic ring is 1. The van der Waals surface area contributed by atoms with Crippen LogP contribution in [-0.2, 0) is 9.59 Å². The molecule has 0 saturated heterocycles. The normalized spacial score (nSPS) is 9.83. The van der Waals surface area contributed by atoms with Crippen LogP contribution in [0, 0.1) is 0 Å². The quantitative estimate of drug-likeness (QED) is 0.563. The van der Waals surface area contributed by atoms with Gasteiger partial charge in [-0.05, 0) is 12.1 Å². The fourth-order valence-electron chi connectivity index (χ4n) is 1.55. The Bertz CT molecular complexity index is 446. The Labute approximate surface area is 104 Å². The van der Waals surface area contributed by atoms with E-state index in [1.165, 1.54) is 12.0 Å². The van der Waals surface area contributed by atoms with Gasteiger partial charge < -0.3 is 26.8 Å². The van der Waals surface area contributed by atoms with Crippen molar-refractivity contribution in [3.8, 4) is 5.75 Å². The van der Waals surface area contributed by atoms with Gasteiger partial charge in [-0.3, -0.25) is 9.59 Å². The molecule has 7 heteroatoms. The lowest BCUT2D eigenvalue weighted by Gasteiger charge is -2.23. The maximum atomic E-state index is 11.0. The number of anilines is 2. The first-order chi connectivity index (χ1) is 8.43. The first-order valence-corrected chi connectivity index (χ1v) is 5.19. The third kappa shape index (κ3) is 3.55. The summed E-state index contributed by atoms with van der Waals surface area (Å²) >= 11 is 0. The van der Waals surface area contributed by atoms with Crippen molar-refractivity contribution in [1.82, 2.24) is 0 Å². The molecule has 0 aliphatic heterocycles. The van der Waals surface area contributed by atoms with Gasteiger partial charge in [0.25, 0.3) is 0 Å². The molecule has 98 valence electrons. The summed E-state index contributed by atoms with van der Waals surface area (Å²) in [4.78, 5) is 23.3. The molecule has 0 radical (unpaired) electrons. The summed E-state index contributed by atoms with van der Waals surface area (Å²) in [5.41, 5.74) is 16.9. The van der Waals surface area contributed by atoms with E-state index in [9.17, 15) is 9.59 Å². The average Bonchev–Trinajstić information content (AvgIpc) is 2.26. The highest BCUT2D eigenvalue weighted by atomic mass is 16.5. The molecule has 1 rings (SSSR count). The smallest absolute Gasteiger partial charge is 0.236 e. The zero-order valence-corrected chi connectivity index (χ0v) is 10.1. The molecule has 6 N–H and O–H groups in total. The number of amides is 2. The zero-order valence-electron chi connectivity index (χ0n) is 10.1. The van der Waals surface area contributed by atoms with Gasteiger partial charge in [-0.25, -0.2) is 0 Å². The molecule has 0 aliphatic rings. The monoisotopic (exact) mass is 252 g/mol. The van der Waals surface area contributed by atoms with Crippen LogP contribution in [0.5, 0.6) is 5.75 Å². The van der Waals surface area contributed by atoms with Crippen molar-refractivity contribution in [3.05, 3.63) is 18.2 Å². The molecule has 0 unspecified atom stereocenters. The van der Waals surface area contributed by atoms with Crippen molar-refractivity contribution in [2.45, 2.75) is 0 Å². The van der Waals surface area contributed by atoms with E-state index in [2.05, 4.69) is 0 Å². The Morgan fingerprint density at radius 1 is 1.22 bits per heavy atom. The van der Waals surface area contributed by atoms with Gasteiger partial charge in [-0.2, -0.15) is 0 Å². The van der Waals surface area contributed by atoms with Crippen LogP contribution in [0.15, 0.2) is 18.2 Å². The number of methoxy groups -OCH3 is 1. The van der Waals surface area contributed by atoms with E-state index in [0.29, 0.717) is 17.1 Å². The van der Waals surface area contributed by atoms with Crippen molar-refractivity contribution in [2.75, 3.05) is 30.8 Å². The van der Waals surface area contributed by atoms with Crippen molar-refractivity contribution < 1.29 is 14.3 Å². The van der Waals surface area contributed by atoms with Gasteiger partial charge in [0.1, 0.15) is 5.75 Å². The molecule has 7 nitrogen and oxygen atoms in total. The van der Waals surface area contributed by atoms with Gasteiger partial charge in [0, 0.05) is 6.07 Å². The average molecular weight is 252 g/mol. The van der Waals surface area contributed by atoms with Gasteiger partial charge in [0.05, 0.1) is 31.6 Å². The summed E-state index contributed by atoms with van der Waals surface area (Å²) in [6.45, 7) is -0.279. The topological polar surface area (TPSA) is 125 Å². The van der Waals surface area contributed by atoms with Crippen molar-refractivity contribution in [3.63, 3.8) is 0 Å². The summed E-state index contributed by atoms with van der Waals surface area (Å²) in [7, 11) is 1.51. The minimum atomic E-state index is -0.577. The second-order valence-corrected chi connectivity index (χ2v) is 3.71. The van der Waals surface area contributed by atoms with Crippen molar-refractivity contribution in [1.29, 1.82) is 0 Å². The Balaban J connectivity index is 3.03. The number of carbonyl (C=O) groups excluding carboxylic acids is 2. The number of hydrogen-bond donors (Lipinski definition) is 3. The lowest BCUT2D eigenvalue weighted by molar-refractivity contribution is -0.117. The van der Waals surface area contributed by atoms with Gasteiger partial charge in [0.15, 0.2) is 0 Å². The fourth-order valence-corrected chi connectivity index (χ4v) is 1.55. The van der Waals surface area contributed by atoms with Crippen LogP contribution < -0.4 is 26.8 Å². The van der Waals surface area contributed by atoms with Crippen LogP contribution in [0.3, 0.4) is 0 Å². The first-order valence-electron chi connectivity index (χ1n) is 5.19. The predicted molar refractivity (Wildman–Crippen MR) is 68.0 cm³/mol. The van der Waals surface area contributed by atoms with Crippen LogP contribution in [-0.4, -0.2) is 32.0 Å². The lowest BCUT2D eigenvalue weighted by atomic mass is 10.2. The van der Waals surface area contributed by atoms with Crippen LogP contribution in [0.25, 0.3) is 0 Å². The maximum Gasteiger partial charge on any atom is 0.236 e. The van der Waals surface area contributed by atoms with Gasteiger partial charge in [-0.1, -0.05) is 0 Å². The highest BCUT2D eigenvalue weighted by Crippen LogP contribution is 2.27. The highest BCUT2D eigenvalue weighted by Gasteiger charge is 2.15. The van der Waals surface area contributed by atoms with Gasteiger partial charge in [-0.15, -0.1) is 0 Å². The van der Waals surface area contributed by atoms with Gasteiger partial charge in [0.2, 0.25) is 11.8 Å². The molecular formula is C11H16N4O3. The number of nitrogens with zero attached hydrogens (tertiary/aromatic N) is 1. The highest BCUT2D eigenvalue weighted by molar-refractivity contribution is 5.87. The number of primary amides is 2. The standard InChI is InChI=1S/C11H16N4O3/c1-18-7-2-3-9(8(12)4-7)15(5-10(13)16)6-11(14)17/h2-4H,5-6,12H2,1H3,(H2,13,16)(H2,14,17). The molecule has 0 saturated carbocycles. The van der Waals surface area contributed by atoms with E-state index < -0.39 is 11.8 Å². The zero-order chi connectivity index (χ0) is 13.7. The lowest BCUT2D eigenvalue weighted by Crippen LogP contribution is -2.40. The number of benzene rings is 1. The third-order valence-electron chi connectivity index (χ3n) is 2.27. The minimum absolute atomic E-state index is 0.139. The number of nitrogens with two attached hydrogens (primary N) is 3. The molecule has 0 aromatic heterocycles. The van der Waals surface area contributed by atoms with E-state index in [0.717, 1.165) is 0 Å². The van der Waals surface area contributed by atoms with Crippen LogP contribution in [0.1, 0.15) is 0 Å². The number of ether oxygens (including phenoxy) is 1. The number of hydrogen-bond acceptors (Lipinski definition) is 5. The summed E-state index contributed by atoms with van der Waals surface area (Å²) < 4.78 is 5.01. The fraction of sp³-hybridized carbons (Fsp3) is 0.273. The number of carbonyl (C=O) groups is 2. The van der Waals surface area contributed by atoms with Gasteiger partial charge >= 0.3 is 0 Å². The van der Waals surface area contributed by atoms with E-state index in [1.807, 2.05) is 0 Å². The molecule has 2 amide bonds. The molecular weight excluding hydrogens is 236 g/mol. The Kier molecular flexibility index (Phi) is 4.36. The Morgan fingerprint density at radius 3 is 2.17 bits per heavy atom. The Morgan fingerprint density at radius 2 is 1.78 bits per heavy atom. The van der Waals surface area contributed by atoms with E-state index >= 15 is 0 Å². The summed E-state index contributed by atoms with van der Waals surface area (Å²) in [5, 5.41) is 0. The van der Waals surface area contributed by atoms with Crippen molar-refractivity contribution in [2.24, 2.45) is 11.5 Å². The van der Waals surface area contributed by atoms with Crippen LogP contribution in [0.4, 0.5) is 11.4 Å². The molecule has 0 spiro atoms. The SMILES string of the molecule is COc1ccc(N(CC(N)=O)CC(N)=O)c(N)c1. The third-order valence-corrected chi connectivity index (χ3v) is 2.27.